The molecule has 0 saturated heterocycles. The molecule has 3 aromatic carbocycles. The summed E-state index contributed by atoms with van der Waals surface area (Å²) in [6, 6.07) is 20.8. The van der Waals surface area contributed by atoms with Crippen molar-refractivity contribution < 1.29 is 19.1 Å². The van der Waals surface area contributed by atoms with E-state index in [4.69, 9.17) is 9.47 Å². The molecular formula is C27H26N2O4. The molecule has 0 aromatic heterocycles. The van der Waals surface area contributed by atoms with Gasteiger partial charge in [0.1, 0.15) is 0 Å². The van der Waals surface area contributed by atoms with Gasteiger partial charge in [-0.05, 0) is 47.4 Å². The van der Waals surface area contributed by atoms with E-state index in [-0.39, 0.29) is 18.2 Å². The highest BCUT2D eigenvalue weighted by Gasteiger charge is 2.36. The Morgan fingerprint density at radius 1 is 0.939 bits per heavy atom. The molecule has 33 heavy (non-hydrogen) atoms. The van der Waals surface area contributed by atoms with Gasteiger partial charge in [0.2, 0.25) is 5.91 Å². The van der Waals surface area contributed by atoms with Crippen LogP contribution in [0.1, 0.15) is 39.5 Å². The Balaban J connectivity index is 1.50. The van der Waals surface area contributed by atoms with Gasteiger partial charge >= 0.3 is 0 Å². The maximum Gasteiger partial charge on any atom is 0.255 e. The largest absolute Gasteiger partial charge is 0.493 e. The predicted molar refractivity (Wildman–Crippen MR) is 126 cm³/mol. The number of carbonyl (C=O) groups is 2. The van der Waals surface area contributed by atoms with E-state index >= 15 is 0 Å². The molecule has 1 unspecified atom stereocenters. The summed E-state index contributed by atoms with van der Waals surface area (Å²) in [6.07, 6.45) is 1.03. The van der Waals surface area contributed by atoms with Crippen molar-refractivity contribution in [3.05, 3.63) is 89.0 Å². The molecule has 1 atom stereocenters. The van der Waals surface area contributed by atoms with Crippen molar-refractivity contribution in [3.8, 4) is 11.5 Å². The topological polar surface area (TPSA) is 59.1 Å². The molecule has 2 heterocycles. The van der Waals surface area contributed by atoms with Gasteiger partial charge < -0.3 is 19.3 Å². The maximum atomic E-state index is 13.5. The van der Waals surface area contributed by atoms with Crippen LogP contribution in [0.4, 0.5) is 5.69 Å². The Morgan fingerprint density at radius 3 is 2.42 bits per heavy atom. The first-order chi connectivity index (χ1) is 16.1. The van der Waals surface area contributed by atoms with Gasteiger partial charge in [-0.25, -0.2) is 0 Å². The van der Waals surface area contributed by atoms with Crippen LogP contribution >= 0.6 is 0 Å². The SMILES string of the molecule is COc1ccc(C(CC(=O)N2CCc3ccccc32)N2Cc3ccccc3C2=O)cc1OC. The maximum absolute atomic E-state index is 13.5. The van der Waals surface area contributed by atoms with Crippen LogP contribution in [0, 0.1) is 0 Å². The first kappa shape index (κ1) is 21.1. The number of amides is 2. The number of ether oxygens (including phenoxy) is 2. The van der Waals surface area contributed by atoms with Gasteiger partial charge in [-0.1, -0.05) is 42.5 Å². The number of benzene rings is 3. The quantitative estimate of drug-likeness (QED) is 0.569. The van der Waals surface area contributed by atoms with Gasteiger partial charge in [-0.3, -0.25) is 9.59 Å². The van der Waals surface area contributed by atoms with E-state index in [2.05, 4.69) is 6.07 Å². The number of fused-ring (bicyclic) bond motifs is 2. The Bertz CT molecular complexity index is 1220. The summed E-state index contributed by atoms with van der Waals surface area (Å²) in [5, 5.41) is 0. The summed E-state index contributed by atoms with van der Waals surface area (Å²) in [6.45, 7) is 1.13. The molecule has 0 saturated carbocycles. The molecule has 168 valence electrons. The molecule has 6 heteroatoms. The van der Waals surface area contributed by atoms with Crippen LogP contribution in [0.3, 0.4) is 0 Å². The molecule has 0 fully saturated rings. The van der Waals surface area contributed by atoms with Crippen molar-refractivity contribution in [2.24, 2.45) is 0 Å². The van der Waals surface area contributed by atoms with Crippen molar-refractivity contribution in [2.75, 3.05) is 25.7 Å². The number of hydrogen-bond acceptors (Lipinski definition) is 4. The van der Waals surface area contributed by atoms with E-state index in [1.165, 1.54) is 5.56 Å². The smallest absolute Gasteiger partial charge is 0.255 e. The van der Waals surface area contributed by atoms with E-state index in [0.29, 0.717) is 30.2 Å². The fourth-order valence-corrected chi connectivity index (χ4v) is 4.87. The Kier molecular flexibility index (Phi) is 5.50. The zero-order valence-corrected chi connectivity index (χ0v) is 18.8. The lowest BCUT2D eigenvalue weighted by Crippen LogP contribution is -2.36. The van der Waals surface area contributed by atoms with Crippen LogP contribution in [0.5, 0.6) is 11.5 Å². The lowest BCUT2D eigenvalue weighted by Gasteiger charge is -2.30. The lowest BCUT2D eigenvalue weighted by atomic mass is 10.00. The first-order valence-corrected chi connectivity index (χ1v) is 11.1. The summed E-state index contributed by atoms with van der Waals surface area (Å²) >= 11 is 0. The number of methoxy groups -OCH3 is 2. The van der Waals surface area contributed by atoms with Crippen LogP contribution < -0.4 is 14.4 Å². The van der Waals surface area contributed by atoms with Gasteiger partial charge in [-0.2, -0.15) is 0 Å². The predicted octanol–water partition coefficient (Wildman–Crippen LogP) is 4.38. The van der Waals surface area contributed by atoms with Crippen LogP contribution in [-0.2, 0) is 17.8 Å². The molecule has 6 nitrogen and oxygen atoms in total. The van der Waals surface area contributed by atoms with E-state index in [1.807, 2.05) is 65.6 Å². The monoisotopic (exact) mass is 442 g/mol. The van der Waals surface area contributed by atoms with Crippen LogP contribution in [0.15, 0.2) is 66.7 Å². The van der Waals surface area contributed by atoms with Crippen molar-refractivity contribution in [1.29, 1.82) is 0 Å². The zero-order chi connectivity index (χ0) is 22.9. The number of anilines is 1. The minimum atomic E-state index is -0.426. The highest BCUT2D eigenvalue weighted by atomic mass is 16.5. The fraction of sp³-hybridized carbons (Fsp3) is 0.259. The molecular weight excluding hydrogens is 416 g/mol. The highest BCUT2D eigenvalue weighted by molar-refractivity contribution is 6.00. The summed E-state index contributed by atoms with van der Waals surface area (Å²) < 4.78 is 10.9. The third-order valence-corrected chi connectivity index (χ3v) is 6.57. The molecule has 2 amide bonds. The summed E-state index contributed by atoms with van der Waals surface area (Å²) in [5.74, 6) is 1.13. The number of para-hydroxylation sites is 1. The van der Waals surface area contributed by atoms with Crippen LogP contribution in [-0.4, -0.2) is 37.5 Å². The summed E-state index contributed by atoms with van der Waals surface area (Å²) in [7, 11) is 3.17. The molecule has 0 spiro atoms. The third kappa shape index (κ3) is 3.71. The Morgan fingerprint density at radius 2 is 1.67 bits per heavy atom. The zero-order valence-electron chi connectivity index (χ0n) is 18.8. The minimum absolute atomic E-state index is 0.00323. The minimum Gasteiger partial charge on any atom is -0.493 e. The average Bonchev–Trinajstić information content (AvgIpc) is 3.43. The first-order valence-electron chi connectivity index (χ1n) is 11.1. The Hall–Kier alpha value is -3.80. The van der Waals surface area contributed by atoms with Crippen molar-refractivity contribution >= 4 is 17.5 Å². The van der Waals surface area contributed by atoms with Gasteiger partial charge in [-0.15, -0.1) is 0 Å². The number of rotatable bonds is 6. The van der Waals surface area contributed by atoms with Crippen molar-refractivity contribution in [3.63, 3.8) is 0 Å². The van der Waals surface area contributed by atoms with E-state index in [1.54, 1.807) is 19.1 Å². The molecule has 0 N–H and O–H groups in total. The number of nitrogens with zero attached hydrogens (tertiary/aromatic N) is 2. The molecule has 3 aromatic rings. The number of hydrogen-bond donors (Lipinski definition) is 0. The van der Waals surface area contributed by atoms with Gasteiger partial charge in [0, 0.05) is 24.3 Å². The molecule has 2 aliphatic rings. The average molecular weight is 443 g/mol. The summed E-state index contributed by atoms with van der Waals surface area (Å²) in [5.41, 5.74) is 4.66. The fourth-order valence-electron chi connectivity index (χ4n) is 4.87. The van der Waals surface area contributed by atoms with Crippen LogP contribution in [0.2, 0.25) is 0 Å². The molecule has 2 aliphatic heterocycles. The second-order valence-electron chi connectivity index (χ2n) is 8.35. The number of carbonyl (C=O) groups excluding carboxylic acids is 2. The van der Waals surface area contributed by atoms with E-state index in [0.717, 1.165) is 23.2 Å². The normalized spacial score (nSPS) is 15.3. The summed E-state index contributed by atoms with van der Waals surface area (Å²) in [4.78, 5) is 30.5. The van der Waals surface area contributed by atoms with E-state index in [9.17, 15) is 9.59 Å². The van der Waals surface area contributed by atoms with Crippen molar-refractivity contribution in [1.82, 2.24) is 4.90 Å². The second-order valence-corrected chi connectivity index (χ2v) is 8.35. The van der Waals surface area contributed by atoms with Gasteiger partial charge in [0.25, 0.3) is 5.91 Å². The van der Waals surface area contributed by atoms with Crippen LogP contribution in [0.25, 0.3) is 0 Å². The Labute approximate surface area is 193 Å². The molecule has 0 bridgehead atoms. The van der Waals surface area contributed by atoms with E-state index < -0.39 is 6.04 Å². The van der Waals surface area contributed by atoms with Crippen molar-refractivity contribution in [2.45, 2.75) is 25.4 Å². The lowest BCUT2D eigenvalue weighted by molar-refractivity contribution is -0.119. The standard InChI is InChI=1S/C27H26N2O4/c1-32-24-12-11-19(15-25(24)33-2)23(29-17-20-8-3-5-9-21(20)27(29)31)16-26(30)28-14-13-18-7-4-6-10-22(18)28/h3-12,15,23H,13-14,16-17H2,1-2H3. The second kappa shape index (κ2) is 8.62. The molecule has 0 radical (unpaired) electrons. The van der Waals surface area contributed by atoms with Gasteiger partial charge in [0.05, 0.1) is 26.7 Å². The third-order valence-electron chi connectivity index (χ3n) is 6.57. The molecule has 5 rings (SSSR count). The highest BCUT2D eigenvalue weighted by Crippen LogP contribution is 2.38. The molecule has 0 aliphatic carbocycles. The van der Waals surface area contributed by atoms with Gasteiger partial charge in [0.15, 0.2) is 11.5 Å².